The minimum absolute atomic E-state index is 0.158. The van der Waals surface area contributed by atoms with Crippen LogP contribution in [0, 0.1) is 6.92 Å². The van der Waals surface area contributed by atoms with Gasteiger partial charge in [-0.2, -0.15) is 0 Å². The standard InChI is InChI=1S/C14H13BrN2O3S/c1-8-11(7-12(18)20-2)21-14(16-8)17-13(19)9-5-3-4-6-10(9)15/h3-6H,7H2,1-2H3,(H,16,17,19). The monoisotopic (exact) mass is 368 g/mol. The molecule has 2 rings (SSSR count). The van der Waals surface area contributed by atoms with E-state index in [0.717, 1.165) is 4.88 Å². The largest absolute Gasteiger partial charge is 0.469 e. The second-order valence-corrected chi connectivity index (χ2v) is 6.15. The van der Waals surface area contributed by atoms with Crippen molar-refractivity contribution in [3.05, 3.63) is 44.9 Å². The summed E-state index contributed by atoms with van der Waals surface area (Å²) in [6.45, 7) is 1.79. The molecule has 1 heterocycles. The van der Waals surface area contributed by atoms with Crippen molar-refractivity contribution >= 4 is 44.3 Å². The van der Waals surface area contributed by atoms with E-state index in [1.54, 1.807) is 25.1 Å². The molecule has 1 aromatic carbocycles. The minimum atomic E-state index is -0.328. The highest BCUT2D eigenvalue weighted by molar-refractivity contribution is 9.10. The Balaban J connectivity index is 2.14. The number of carbonyl (C=O) groups excluding carboxylic acids is 2. The van der Waals surface area contributed by atoms with Crippen LogP contribution in [-0.2, 0) is 16.0 Å². The number of hydrogen-bond acceptors (Lipinski definition) is 5. The summed E-state index contributed by atoms with van der Waals surface area (Å²) in [5.74, 6) is -0.578. The smallest absolute Gasteiger partial charge is 0.310 e. The fraction of sp³-hybridized carbons (Fsp3) is 0.214. The number of aryl methyl sites for hydroxylation is 1. The number of aromatic nitrogens is 1. The van der Waals surface area contributed by atoms with Crippen LogP contribution in [0.3, 0.4) is 0 Å². The highest BCUT2D eigenvalue weighted by Crippen LogP contribution is 2.25. The summed E-state index contributed by atoms with van der Waals surface area (Å²) in [6.07, 6.45) is 0.158. The summed E-state index contributed by atoms with van der Waals surface area (Å²) in [5.41, 5.74) is 1.24. The zero-order chi connectivity index (χ0) is 15.4. The Kier molecular flexibility index (Phi) is 5.08. The Bertz CT molecular complexity index is 685. The molecule has 0 aliphatic carbocycles. The number of carbonyl (C=O) groups is 2. The molecule has 0 spiro atoms. The Labute approximate surface area is 134 Å². The maximum absolute atomic E-state index is 12.2. The van der Waals surface area contributed by atoms with E-state index in [9.17, 15) is 9.59 Å². The topological polar surface area (TPSA) is 68.3 Å². The summed E-state index contributed by atoms with van der Waals surface area (Å²) in [4.78, 5) is 28.5. The van der Waals surface area contributed by atoms with Crippen molar-refractivity contribution in [2.75, 3.05) is 12.4 Å². The highest BCUT2D eigenvalue weighted by atomic mass is 79.9. The zero-order valence-electron chi connectivity index (χ0n) is 11.5. The fourth-order valence-electron chi connectivity index (χ4n) is 1.66. The van der Waals surface area contributed by atoms with E-state index in [-0.39, 0.29) is 18.3 Å². The highest BCUT2D eigenvalue weighted by Gasteiger charge is 2.15. The van der Waals surface area contributed by atoms with Crippen LogP contribution < -0.4 is 5.32 Å². The summed E-state index contributed by atoms with van der Waals surface area (Å²) < 4.78 is 5.34. The molecule has 110 valence electrons. The van der Waals surface area contributed by atoms with Gasteiger partial charge in [-0.1, -0.05) is 12.1 Å². The van der Waals surface area contributed by atoms with Gasteiger partial charge in [-0.15, -0.1) is 11.3 Å². The Morgan fingerprint density at radius 1 is 1.38 bits per heavy atom. The maximum Gasteiger partial charge on any atom is 0.310 e. The van der Waals surface area contributed by atoms with Crippen LogP contribution >= 0.6 is 27.3 Å². The fourth-order valence-corrected chi connectivity index (χ4v) is 3.07. The van der Waals surface area contributed by atoms with Crippen molar-refractivity contribution in [3.8, 4) is 0 Å². The number of ether oxygens (including phenoxy) is 1. The van der Waals surface area contributed by atoms with E-state index in [4.69, 9.17) is 0 Å². The van der Waals surface area contributed by atoms with Crippen LogP contribution in [0.2, 0.25) is 0 Å². The van der Waals surface area contributed by atoms with Crippen molar-refractivity contribution in [2.24, 2.45) is 0 Å². The number of halogens is 1. The quantitative estimate of drug-likeness (QED) is 0.841. The van der Waals surface area contributed by atoms with Gasteiger partial charge in [0.2, 0.25) is 0 Å². The first-order valence-corrected chi connectivity index (χ1v) is 7.71. The first kappa shape index (κ1) is 15.7. The SMILES string of the molecule is COC(=O)Cc1sc(NC(=O)c2ccccc2Br)nc1C. The van der Waals surface area contributed by atoms with E-state index in [0.29, 0.717) is 20.9 Å². The number of benzene rings is 1. The second kappa shape index (κ2) is 6.82. The lowest BCUT2D eigenvalue weighted by Crippen LogP contribution is -2.12. The van der Waals surface area contributed by atoms with Crippen molar-refractivity contribution < 1.29 is 14.3 Å². The normalized spacial score (nSPS) is 10.2. The molecular formula is C14H13BrN2O3S. The Hall–Kier alpha value is -1.73. The number of hydrogen-bond donors (Lipinski definition) is 1. The van der Waals surface area contributed by atoms with Crippen molar-refractivity contribution in [1.29, 1.82) is 0 Å². The summed E-state index contributed by atoms with van der Waals surface area (Å²) in [5, 5.41) is 3.20. The molecule has 21 heavy (non-hydrogen) atoms. The lowest BCUT2D eigenvalue weighted by atomic mass is 10.2. The number of amides is 1. The van der Waals surface area contributed by atoms with Gasteiger partial charge in [0.05, 0.1) is 24.8 Å². The summed E-state index contributed by atoms with van der Waals surface area (Å²) in [6, 6.07) is 7.14. The average Bonchev–Trinajstić information content (AvgIpc) is 2.78. The summed E-state index contributed by atoms with van der Waals surface area (Å²) >= 11 is 4.61. The molecule has 1 aromatic heterocycles. The third-order valence-corrected chi connectivity index (χ3v) is 4.53. The number of rotatable bonds is 4. The van der Waals surface area contributed by atoms with Gasteiger partial charge in [0.25, 0.3) is 5.91 Å². The third-order valence-electron chi connectivity index (χ3n) is 2.76. The van der Waals surface area contributed by atoms with E-state index in [1.807, 2.05) is 6.07 Å². The van der Waals surface area contributed by atoms with Crippen LogP contribution in [0.15, 0.2) is 28.7 Å². The van der Waals surface area contributed by atoms with Crippen molar-refractivity contribution in [3.63, 3.8) is 0 Å². The molecule has 2 aromatic rings. The number of methoxy groups -OCH3 is 1. The lowest BCUT2D eigenvalue weighted by molar-refractivity contribution is -0.139. The van der Waals surface area contributed by atoms with Crippen molar-refractivity contribution in [2.45, 2.75) is 13.3 Å². The van der Waals surface area contributed by atoms with Crippen LogP contribution in [0.25, 0.3) is 0 Å². The van der Waals surface area contributed by atoms with Crippen LogP contribution in [-0.4, -0.2) is 24.0 Å². The van der Waals surface area contributed by atoms with E-state index in [1.165, 1.54) is 18.4 Å². The number of nitrogens with one attached hydrogen (secondary N) is 1. The molecule has 0 fully saturated rings. The van der Waals surface area contributed by atoms with Crippen molar-refractivity contribution in [1.82, 2.24) is 4.98 Å². The van der Waals surface area contributed by atoms with E-state index in [2.05, 4.69) is 31.0 Å². The molecule has 0 saturated heterocycles. The number of thiazole rings is 1. The molecule has 5 nitrogen and oxygen atoms in total. The van der Waals surface area contributed by atoms with Gasteiger partial charge in [0, 0.05) is 9.35 Å². The van der Waals surface area contributed by atoms with Gasteiger partial charge < -0.3 is 4.74 Å². The van der Waals surface area contributed by atoms with Crippen LogP contribution in [0.5, 0.6) is 0 Å². The van der Waals surface area contributed by atoms with Gasteiger partial charge >= 0.3 is 5.97 Å². The first-order chi connectivity index (χ1) is 10.0. The maximum atomic E-state index is 12.2. The third kappa shape index (κ3) is 3.89. The molecule has 0 radical (unpaired) electrons. The predicted molar refractivity (Wildman–Crippen MR) is 84.7 cm³/mol. The Morgan fingerprint density at radius 3 is 2.76 bits per heavy atom. The molecule has 0 aliphatic rings. The van der Waals surface area contributed by atoms with Gasteiger partial charge in [-0.3, -0.25) is 14.9 Å². The van der Waals surface area contributed by atoms with Crippen LogP contribution in [0.1, 0.15) is 20.9 Å². The molecule has 1 N–H and O–H groups in total. The van der Waals surface area contributed by atoms with Gasteiger partial charge in [-0.05, 0) is 35.0 Å². The predicted octanol–water partition coefficient (Wildman–Crippen LogP) is 3.18. The summed E-state index contributed by atoms with van der Waals surface area (Å²) in [7, 11) is 1.34. The molecule has 0 aliphatic heterocycles. The average molecular weight is 369 g/mol. The molecule has 0 bridgehead atoms. The Morgan fingerprint density at radius 2 is 2.10 bits per heavy atom. The van der Waals surface area contributed by atoms with E-state index >= 15 is 0 Å². The van der Waals surface area contributed by atoms with E-state index < -0.39 is 0 Å². The molecule has 0 saturated carbocycles. The molecule has 0 unspecified atom stereocenters. The second-order valence-electron chi connectivity index (χ2n) is 4.21. The van der Waals surface area contributed by atoms with Crippen LogP contribution in [0.4, 0.5) is 5.13 Å². The zero-order valence-corrected chi connectivity index (χ0v) is 13.9. The lowest BCUT2D eigenvalue weighted by Gasteiger charge is -2.03. The number of nitrogens with zero attached hydrogens (tertiary/aromatic N) is 1. The minimum Gasteiger partial charge on any atom is -0.469 e. The van der Waals surface area contributed by atoms with Gasteiger partial charge in [-0.25, -0.2) is 4.98 Å². The number of anilines is 1. The first-order valence-electron chi connectivity index (χ1n) is 6.10. The van der Waals surface area contributed by atoms with Gasteiger partial charge in [0.15, 0.2) is 5.13 Å². The molecule has 7 heteroatoms. The molecule has 0 atom stereocenters. The van der Waals surface area contributed by atoms with Gasteiger partial charge in [0.1, 0.15) is 0 Å². The molecule has 1 amide bonds. The molecular weight excluding hydrogens is 356 g/mol. The number of esters is 1.